The third kappa shape index (κ3) is 4.42. The lowest BCUT2D eigenvalue weighted by Crippen LogP contribution is -2.25. The number of nitrogens with one attached hydrogen (secondary N) is 1. The fraction of sp³-hybridized carbons (Fsp3) is 0.333. The number of halogens is 1. The van der Waals surface area contributed by atoms with E-state index >= 15 is 0 Å². The van der Waals surface area contributed by atoms with Crippen molar-refractivity contribution < 1.29 is 27.4 Å². The zero-order valence-corrected chi connectivity index (χ0v) is 15.4. The normalized spacial score (nSPS) is 17.0. The fourth-order valence-electron chi connectivity index (χ4n) is 2.82. The van der Waals surface area contributed by atoms with E-state index in [-0.39, 0.29) is 22.8 Å². The Morgan fingerprint density at radius 2 is 2.07 bits per heavy atom. The van der Waals surface area contributed by atoms with Crippen LogP contribution in [0.5, 0.6) is 5.75 Å². The van der Waals surface area contributed by atoms with Crippen LogP contribution in [0.1, 0.15) is 40.7 Å². The molecule has 1 atom stereocenters. The van der Waals surface area contributed by atoms with Gasteiger partial charge < -0.3 is 15.2 Å². The molecule has 1 aromatic heterocycles. The summed E-state index contributed by atoms with van der Waals surface area (Å²) in [6.07, 6.45) is 1.97. The van der Waals surface area contributed by atoms with Crippen LogP contribution in [0.15, 0.2) is 35.2 Å². The molecule has 1 amide bonds. The van der Waals surface area contributed by atoms with Gasteiger partial charge >= 0.3 is 0 Å². The van der Waals surface area contributed by atoms with Crippen molar-refractivity contribution >= 4 is 15.7 Å². The first-order valence-electron chi connectivity index (χ1n) is 8.34. The standard InChI is InChI=1S/C18H19FN2O5S/c1-27(24,25)15-9-13(14-3-2-8-26-14)21-16(17(15)22)18(23)20-10-11-4-6-12(19)7-5-11/h4-7,9,14,22H,2-3,8,10H2,1H3,(H,20,23). The van der Waals surface area contributed by atoms with Crippen molar-refractivity contribution in [1.82, 2.24) is 10.3 Å². The lowest BCUT2D eigenvalue weighted by molar-refractivity contribution is 0.0935. The molecule has 2 N–H and O–H groups in total. The molecule has 1 aromatic carbocycles. The number of benzene rings is 1. The van der Waals surface area contributed by atoms with Crippen LogP contribution in [0.3, 0.4) is 0 Å². The van der Waals surface area contributed by atoms with E-state index in [9.17, 15) is 22.7 Å². The molecule has 0 spiro atoms. The van der Waals surface area contributed by atoms with Gasteiger partial charge in [-0.2, -0.15) is 0 Å². The molecule has 2 aromatic rings. The van der Waals surface area contributed by atoms with E-state index in [1.54, 1.807) is 0 Å². The number of aromatic nitrogens is 1. The van der Waals surface area contributed by atoms with Crippen molar-refractivity contribution in [1.29, 1.82) is 0 Å². The largest absolute Gasteiger partial charge is 0.504 e. The maximum absolute atomic E-state index is 13.0. The predicted octanol–water partition coefficient (Wildman–Crippen LogP) is 2.11. The molecule has 1 fully saturated rings. The van der Waals surface area contributed by atoms with Crippen LogP contribution >= 0.6 is 0 Å². The van der Waals surface area contributed by atoms with Gasteiger partial charge in [0.25, 0.3) is 5.91 Å². The average Bonchev–Trinajstić information content (AvgIpc) is 3.15. The number of carbonyl (C=O) groups is 1. The topological polar surface area (TPSA) is 106 Å². The third-order valence-electron chi connectivity index (χ3n) is 4.22. The molecule has 0 bridgehead atoms. The number of hydrogen-bond donors (Lipinski definition) is 2. The fourth-order valence-corrected chi connectivity index (χ4v) is 3.60. The van der Waals surface area contributed by atoms with Gasteiger partial charge in [0.2, 0.25) is 0 Å². The first kappa shape index (κ1) is 19.2. The van der Waals surface area contributed by atoms with Gasteiger partial charge in [-0.3, -0.25) is 4.79 Å². The second-order valence-electron chi connectivity index (χ2n) is 6.33. The molecule has 1 aliphatic heterocycles. The van der Waals surface area contributed by atoms with E-state index < -0.39 is 33.4 Å². The Morgan fingerprint density at radius 1 is 1.37 bits per heavy atom. The number of ether oxygens (including phenoxy) is 1. The monoisotopic (exact) mass is 394 g/mol. The highest BCUT2D eigenvalue weighted by atomic mass is 32.2. The first-order chi connectivity index (χ1) is 12.8. The number of aromatic hydroxyl groups is 1. The summed E-state index contributed by atoms with van der Waals surface area (Å²) in [4.78, 5) is 16.3. The zero-order chi connectivity index (χ0) is 19.6. The van der Waals surface area contributed by atoms with Gasteiger partial charge in [-0.05, 0) is 36.6 Å². The summed E-state index contributed by atoms with van der Waals surface area (Å²) in [5, 5.41) is 12.9. The molecule has 9 heteroatoms. The van der Waals surface area contributed by atoms with E-state index in [1.165, 1.54) is 30.3 Å². The predicted molar refractivity (Wildman–Crippen MR) is 94.5 cm³/mol. The Balaban J connectivity index is 1.91. The minimum atomic E-state index is -3.78. The van der Waals surface area contributed by atoms with Crippen molar-refractivity contribution in [3.05, 3.63) is 53.1 Å². The maximum Gasteiger partial charge on any atom is 0.274 e. The summed E-state index contributed by atoms with van der Waals surface area (Å²) in [7, 11) is -3.78. The van der Waals surface area contributed by atoms with Crippen LogP contribution in [0.2, 0.25) is 0 Å². The number of rotatable bonds is 5. The van der Waals surface area contributed by atoms with Gasteiger partial charge in [-0.15, -0.1) is 0 Å². The molecule has 1 aliphatic rings. The highest BCUT2D eigenvalue weighted by Gasteiger charge is 2.28. The second kappa shape index (κ2) is 7.61. The molecule has 3 rings (SSSR count). The maximum atomic E-state index is 13.0. The number of nitrogens with zero attached hydrogens (tertiary/aromatic N) is 1. The van der Waals surface area contributed by atoms with Crippen LogP contribution in [0, 0.1) is 5.82 Å². The minimum absolute atomic E-state index is 0.0681. The summed E-state index contributed by atoms with van der Waals surface area (Å²) < 4.78 is 42.5. The molecule has 1 saturated heterocycles. The Hall–Kier alpha value is -2.52. The van der Waals surface area contributed by atoms with E-state index in [4.69, 9.17) is 4.74 Å². The van der Waals surface area contributed by atoms with Gasteiger partial charge in [0.05, 0.1) is 11.8 Å². The number of amides is 1. The van der Waals surface area contributed by atoms with E-state index in [0.717, 1.165) is 12.7 Å². The first-order valence-corrected chi connectivity index (χ1v) is 10.2. The molecular weight excluding hydrogens is 375 g/mol. The van der Waals surface area contributed by atoms with E-state index in [0.29, 0.717) is 18.6 Å². The summed E-state index contributed by atoms with van der Waals surface area (Å²) in [5.74, 6) is -1.83. The number of pyridine rings is 1. The number of sulfone groups is 1. The van der Waals surface area contributed by atoms with Gasteiger partial charge in [0.15, 0.2) is 21.3 Å². The highest BCUT2D eigenvalue weighted by Crippen LogP contribution is 2.33. The quantitative estimate of drug-likeness (QED) is 0.805. The lowest BCUT2D eigenvalue weighted by atomic mass is 10.1. The molecule has 7 nitrogen and oxygen atoms in total. The van der Waals surface area contributed by atoms with Crippen molar-refractivity contribution in [2.45, 2.75) is 30.4 Å². The smallest absolute Gasteiger partial charge is 0.274 e. The van der Waals surface area contributed by atoms with Crippen molar-refractivity contribution in [2.75, 3.05) is 12.9 Å². The Bertz CT molecular complexity index is 954. The summed E-state index contributed by atoms with van der Waals surface area (Å²) in [6, 6.07) is 6.78. The van der Waals surface area contributed by atoms with Crippen LogP contribution < -0.4 is 5.32 Å². The molecule has 27 heavy (non-hydrogen) atoms. The van der Waals surface area contributed by atoms with Crippen LogP contribution in [-0.2, 0) is 21.1 Å². The van der Waals surface area contributed by atoms with Crippen molar-refractivity contribution in [2.24, 2.45) is 0 Å². The molecule has 0 radical (unpaired) electrons. The van der Waals surface area contributed by atoms with Crippen molar-refractivity contribution in [3.8, 4) is 5.75 Å². The SMILES string of the molecule is CS(=O)(=O)c1cc(C2CCCO2)nc(C(=O)NCc2ccc(F)cc2)c1O. The number of carbonyl (C=O) groups excluding carboxylic acids is 1. The average molecular weight is 394 g/mol. The summed E-state index contributed by atoms with van der Waals surface area (Å²) >= 11 is 0. The molecule has 0 saturated carbocycles. The van der Waals surface area contributed by atoms with Crippen LogP contribution in [0.4, 0.5) is 4.39 Å². The zero-order valence-electron chi connectivity index (χ0n) is 14.6. The summed E-state index contributed by atoms with van der Waals surface area (Å²) in [6.45, 7) is 0.589. The van der Waals surface area contributed by atoms with Crippen LogP contribution in [-0.4, -0.2) is 37.3 Å². The lowest BCUT2D eigenvalue weighted by Gasteiger charge is -2.14. The van der Waals surface area contributed by atoms with Gasteiger partial charge in [0.1, 0.15) is 10.7 Å². The highest BCUT2D eigenvalue weighted by molar-refractivity contribution is 7.90. The molecule has 0 aliphatic carbocycles. The second-order valence-corrected chi connectivity index (χ2v) is 8.31. The molecule has 1 unspecified atom stereocenters. The van der Waals surface area contributed by atoms with Gasteiger partial charge in [-0.1, -0.05) is 12.1 Å². The molecule has 144 valence electrons. The minimum Gasteiger partial charge on any atom is -0.504 e. The number of hydrogen-bond acceptors (Lipinski definition) is 6. The Labute approximate surface area is 156 Å². The van der Waals surface area contributed by atoms with Crippen LogP contribution in [0.25, 0.3) is 0 Å². The molecular formula is C18H19FN2O5S. The molecule has 2 heterocycles. The van der Waals surface area contributed by atoms with Gasteiger partial charge in [0, 0.05) is 19.4 Å². The van der Waals surface area contributed by atoms with E-state index in [2.05, 4.69) is 10.3 Å². The van der Waals surface area contributed by atoms with Crippen molar-refractivity contribution in [3.63, 3.8) is 0 Å². The Morgan fingerprint density at radius 3 is 2.67 bits per heavy atom. The van der Waals surface area contributed by atoms with E-state index in [1.807, 2.05) is 0 Å². The Kier molecular flexibility index (Phi) is 5.43. The van der Waals surface area contributed by atoms with Gasteiger partial charge in [-0.25, -0.2) is 17.8 Å². The third-order valence-corrected chi connectivity index (χ3v) is 5.33. The summed E-state index contributed by atoms with van der Waals surface area (Å²) in [5.41, 5.74) is 0.547.